The first-order valence-corrected chi connectivity index (χ1v) is 9.80. The fourth-order valence-electron chi connectivity index (χ4n) is 3.30. The van der Waals surface area contributed by atoms with Gasteiger partial charge in [0.25, 0.3) is 5.91 Å². The Morgan fingerprint density at radius 1 is 1.22 bits per heavy atom. The van der Waals surface area contributed by atoms with Gasteiger partial charge in [-0.25, -0.2) is 4.98 Å². The summed E-state index contributed by atoms with van der Waals surface area (Å²) >= 11 is 1.62. The maximum atomic E-state index is 12.6. The summed E-state index contributed by atoms with van der Waals surface area (Å²) in [6.07, 6.45) is 1.30. The second-order valence-electron chi connectivity index (χ2n) is 6.88. The molecule has 1 aliphatic heterocycles. The van der Waals surface area contributed by atoms with Crippen molar-refractivity contribution >= 4 is 22.9 Å². The molecular formula is C21H21N3O2S. The van der Waals surface area contributed by atoms with Gasteiger partial charge in [0.15, 0.2) is 6.10 Å². The zero-order valence-corrected chi connectivity index (χ0v) is 16.6. The van der Waals surface area contributed by atoms with Gasteiger partial charge in [-0.15, -0.1) is 11.3 Å². The van der Waals surface area contributed by atoms with Crippen LogP contribution in [0.15, 0.2) is 42.6 Å². The minimum absolute atomic E-state index is 0.0150. The number of thiazole rings is 1. The highest BCUT2D eigenvalue weighted by molar-refractivity contribution is 7.15. The lowest BCUT2D eigenvalue weighted by molar-refractivity contribution is -0.125. The molecule has 0 saturated heterocycles. The van der Waals surface area contributed by atoms with E-state index in [0.717, 1.165) is 38.3 Å². The second kappa shape index (κ2) is 6.78. The molecule has 0 aliphatic carbocycles. The highest BCUT2D eigenvalue weighted by Gasteiger charge is 2.33. The van der Waals surface area contributed by atoms with Crippen LogP contribution in [0.5, 0.6) is 5.75 Å². The Bertz CT molecular complexity index is 998. The molecule has 1 unspecified atom stereocenters. The van der Waals surface area contributed by atoms with Crippen LogP contribution >= 0.6 is 11.3 Å². The molecule has 3 heterocycles. The van der Waals surface area contributed by atoms with Crippen molar-refractivity contribution in [3.8, 4) is 27.7 Å². The van der Waals surface area contributed by atoms with Gasteiger partial charge in [-0.3, -0.25) is 9.78 Å². The number of benzene rings is 1. The number of carbonyl (C=O) groups is 1. The van der Waals surface area contributed by atoms with Gasteiger partial charge >= 0.3 is 0 Å². The van der Waals surface area contributed by atoms with Gasteiger partial charge in [0, 0.05) is 22.7 Å². The Balaban J connectivity index is 1.79. The van der Waals surface area contributed by atoms with Gasteiger partial charge in [0.1, 0.15) is 10.8 Å². The molecule has 2 aromatic heterocycles. The average molecular weight is 379 g/mol. The van der Waals surface area contributed by atoms with Crippen LogP contribution in [-0.4, -0.2) is 28.0 Å². The van der Waals surface area contributed by atoms with E-state index >= 15 is 0 Å². The maximum absolute atomic E-state index is 12.6. The summed E-state index contributed by atoms with van der Waals surface area (Å²) in [5.41, 5.74) is 3.56. The largest absolute Gasteiger partial charge is 0.479 e. The third-order valence-electron chi connectivity index (χ3n) is 4.58. The van der Waals surface area contributed by atoms with Gasteiger partial charge in [-0.2, -0.15) is 0 Å². The molecule has 0 bridgehead atoms. The number of anilines is 1. The van der Waals surface area contributed by atoms with Crippen LogP contribution in [0.4, 0.5) is 5.69 Å². The van der Waals surface area contributed by atoms with Crippen molar-refractivity contribution in [3.63, 3.8) is 0 Å². The fourth-order valence-corrected chi connectivity index (χ4v) is 4.22. The SMILES string of the molecule is Cc1sc(-c2ccccn2)nc1-c1ccc2c(c1)N(C(C)C)C(=O)C(C)O2. The summed E-state index contributed by atoms with van der Waals surface area (Å²) in [5.74, 6) is 0.719. The average Bonchev–Trinajstić information content (AvgIpc) is 3.04. The number of fused-ring (bicyclic) bond motifs is 1. The third-order valence-corrected chi connectivity index (χ3v) is 5.57. The normalized spacial score (nSPS) is 16.4. The fraction of sp³-hybridized carbons (Fsp3) is 0.286. The first kappa shape index (κ1) is 17.7. The monoisotopic (exact) mass is 379 g/mol. The van der Waals surface area contributed by atoms with Crippen LogP contribution in [0.1, 0.15) is 25.6 Å². The highest BCUT2D eigenvalue weighted by atomic mass is 32.1. The summed E-state index contributed by atoms with van der Waals surface area (Å²) in [4.78, 5) is 24.8. The van der Waals surface area contributed by atoms with Crippen molar-refractivity contribution in [2.75, 3.05) is 4.90 Å². The van der Waals surface area contributed by atoms with Gasteiger partial charge < -0.3 is 9.64 Å². The molecule has 1 atom stereocenters. The van der Waals surface area contributed by atoms with Crippen molar-refractivity contribution < 1.29 is 9.53 Å². The minimum Gasteiger partial charge on any atom is -0.479 e. The van der Waals surface area contributed by atoms with Crippen LogP contribution in [0, 0.1) is 6.92 Å². The van der Waals surface area contributed by atoms with E-state index in [1.807, 2.05) is 55.1 Å². The number of pyridine rings is 1. The van der Waals surface area contributed by atoms with E-state index in [4.69, 9.17) is 9.72 Å². The number of rotatable bonds is 3. The van der Waals surface area contributed by atoms with Gasteiger partial charge in [-0.05, 0) is 58.0 Å². The molecule has 1 amide bonds. The predicted molar refractivity (Wildman–Crippen MR) is 108 cm³/mol. The molecule has 0 N–H and O–H groups in total. The minimum atomic E-state index is -0.470. The van der Waals surface area contributed by atoms with E-state index in [-0.39, 0.29) is 11.9 Å². The first-order valence-electron chi connectivity index (χ1n) is 8.98. The predicted octanol–water partition coefficient (Wildman–Crippen LogP) is 4.70. The number of aryl methyl sites for hydroxylation is 1. The van der Waals surface area contributed by atoms with Crippen LogP contribution in [0.25, 0.3) is 22.0 Å². The molecule has 1 aliphatic rings. The smallest absolute Gasteiger partial charge is 0.268 e. The Morgan fingerprint density at radius 3 is 2.74 bits per heavy atom. The maximum Gasteiger partial charge on any atom is 0.268 e. The molecule has 27 heavy (non-hydrogen) atoms. The third kappa shape index (κ3) is 3.10. The van der Waals surface area contributed by atoms with E-state index in [0.29, 0.717) is 0 Å². The first-order chi connectivity index (χ1) is 13.0. The summed E-state index contributed by atoms with van der Waals surface area (Å²) in [5, 5.41) is 0.891. The van der Waals surface area contributed by atoms with Gasteiger partial charge in [-0.1, -0.05) is 6.07 Å². The molecule has 0 fully saturated rings. The Morgan fingerprint density at radius 2 is 2.04 bits per heavy atom. The lowest BCUT2D eigenvalue weighted by Crippen LogP contribution is -2.47. The lowest BCUT2D eigenvalue weighted by atomic mass is 10.1. The van der Waals surface area contributed by atoms with Crippen LogP contribution in [-0.2, 0) is 4.79 Å². The molecule has 0 spiro atoms. The standard InChI is InChI=1S/C21H21N3O2S/c1-12(2)24-17-11-15(8-9-18(17)26-13(3)21(24)25)19-14(4)27-20(23-19)16-7-5-6-10-22-16/h5-13H,1-4H3. The van der Waals surface area contributed by atoms with Crippen molar-refractivity contribution in [1.82, 2.24) is 9.97 Å². The van der Waals surface area contributed by atoms with Gasteiger partial charge in [0.05, 0.1) is 17.1 Å². The number of hydrogen-bond donors (Lipinski definition) is 0. The molecule has 0 radical (unpaired) electrons. The highest BCUT2D eigenvalue weighted by Crippen LogP contribution is 2.40. The molecule has 1 aromatic carbocycles. The zero-order chi connectivity index (χ0) is 19.1. The molecule has 4 rings (SSSR count). The van der Waals surface area contributed by atoms with Crippen molar-refractivity contribution in [2.24, 2.45) is 0 Å². The van der Waals surface area contributed by atoms with Crippen molar-refractivity contribution in [1.29, 1.82) is 0 Å². The number of aromatic nitrogens is 2. The van der Waals surface area contributed by atoms with Crippen molar-refractivity contribution in [3.05, 3.63) is 47.5 Å². The van der Waals surface area contributed by atoms with E-state index < -0.39 is 6.10 Å². The van der Waals surface area contributed by atoms with E-state index in [1.165, 1.54) is 0 Å². The summed E-state index contributed by atoms with van der Waals surface area (Å²) in [7, 11) is 0. The Hall–Kier alpha value is -2.73. The number of hydrogen-bond acceptors (Lipinski definition) is 5. The van der Waals surface area contributed by atoms with E-state index in [1.54, 1.807) is 24.5 Å². The number of carbonyl (C=O) groups excluding carboxylic acids is 1. The molecule has 5 nitrogen and oxygen atoms in total. The molecule has 6 heteroatoms. The van der Waals surface area contributed by atoms with Crippen LogP contribution in [0.2, 0.25) is 0 Å². The summed E-state index contributed by atoms with van der Waals surface area (Å²) < 4.78 is 5.80. The Kier molecular flexibility index (Phi) is 4.44. The number of nitrogens with zero attached hydrogens (tertiary/aromatic N) is 3. The summed E-state index contributed by atoms with van der Waals surface area (Å²) in [6, 6.07) is 11.8. The van der Waals surface area contributed by atoms with E-state index in [9.17, 15) is 4.79 Å². The molecule has 138 valence electrons. The number of ether oxygens (including phenoxy) is 1. The lowest BCUT2D eigenvalue weighted by Gasteiger charge is -2.35. The van der Waals surface area contributed by atoms with Crippen LogP contribution in [0.3, 0.4) is 0 Å². The molecular weight excluding hydrogens is 358 g/mol. The number of amides is 1. The second-order valence-corrected chi connectivity index (χ2v) is 8.09. The quantitative estimate of drug-likeness (QED) is 0.662. The van der Waals surface area contributed by atoms with Crippen LogP contribution < -0.4 is 9.64 Å². The topological polar surface area (TPSA) is 55.3 Å². The zero-order valence-electron chi connectivity index (χ0n) is 15.8. The van der Waals surface area contributed by atoms with Gasteiger partial charge in [0.2, 0.25) is 0 Å². The molecule has 3 aromatic rings. The Labute approximate surface area is 162 Å². The van der Waals surface area contributed by atoms with E-state index in [2.05, 4.69) is 11.9 Å². The molecule has 0 saturated carbocycles. The van der Waals surface area contributed by atoms with Crippen molar-refractivity contribution in [2.45, 2.75) is 39.8 Å². The summed E-state index contributed by atoms with van der Waals surface area (Å²) in [6.45, 7) is 7.88.